The third-order valence-electron chi connectivity index (χ3n) is 3.10. The van der Waals surface area contributed by atoms with Gasteiger partial charge in [0.25, 0.3) is 0 Å². The van der Waals surface area contributed by atoms with Gasteiger partial charge in [0.1, 0.15) is 0 Å². The van der Waals surface area contributed by atoms with E-state index in [4.69, 9.17) is 11.6 Å². The number of thioether (sulfide) groups is 1. The SMILES string of the molecule is CNCc1cc(Cl)cc(S(=O)(=O)N(C)CCSC)c1C. The van der Waals surface area contributed by atoms with Gasteiger partial charge in [0, 0.05) is 30.9 Å². The quantitative estimate of drug-likeness (QED) is 0.830. The summed E-state index contributed by atoms with van der Waals surface area (Å²) < 4.78 is 26.6. The highest BCUT2D eigenvalue weighted by molar-refractivity contribution is 7.98. The molecule has 1 aromatic carbocycles. The van der Waals surface area contributed by atoms with Crippen LogP contribution in [0.5, 0.6) is 0 Å². The van der Waals surface area contributed by atoms with E-state index in [2.05, 4.69) is 5.32 Å². The van der Waals surface area contributed by atoms with Gasteiger partial charge in [-0.2, -0.15) is 11.8 Å². The van der Waals surface area contributed by atoms with Gasteiger partial charge in [0.2, 0.25) is 10.0 Å². The van der Waals surface area contributed by atoms with E-state index in [9.17, 15) is 8.42 Å². The molecule has 0 aliphatic carbocycles. The highest BCUT2D eigenvalue weighted by Gasteiger charge is 2.24. The maximum Gasteiger partial charge on any atom is 0.243 e. The van der Waals surface area contributed by atoms with Gasteiger partial charge in [-0.05, 0) is 43.5 Å². The van der Waals surface area contributed by atoms with Crippen LogP contribution in [0.15, 0.2) is 17.0 Å². The van der Waals surface area contributed by atoms with Gasteiger partial charge in [-0.15, -0.1) is 0 Å². The maximum absolute atomic E-state index is 12.6. The fourth-order valence-corrected chi connectivity index (χ4v) is 4.20. The van der Waals surface area contributed by atoms with Crippen LogP contribution in [-0.2, 0) is 16.6 Å². The molecule has 0 saturated carbocycles. The Balaban J connectivity index is 3.24. The van der Waals surface area contributed by atoms with Gasteiger partial charge < -0.3 is 5.32 Å². The van der Waals surface area contributed by atoms with Gasteiger partial charge in [-0.3, -0.25) is 0 Å². The topological polar surface area (TPSA) is 49.4 Å². The number of sulfonamides is 1. The first-order valence-corrected chi connectivity index (χ1v) is 9.44. The number of halogens is 1. The van der Waals surface area contributed by atoms with Crippen molar-refractivity contribution in [3.8, 4) is 0 Å². The second-order valence-corrected chi connectivity index (χ2v) is 7.97. The van der Waals surface area contributed by atoms with Gasteiger partial charge in [-0.25, -0.2) is 12.7 Å². The second-order valence-electron chi connectivity index (χ2n) is 4.54. The molecule has 0 unspecified atom stereocenters. The monoisotopic (exact) mass is 336 g/mol. The highest BCUT2D eigenvalue weighted by atomic mass is 35.5. The third kappa shape index (κ3) is 4.11. The molecule has 0 bridgehead atoms. The molecule has 0 saturated heterocycles. The van der Waals surface area contributed by atoms with E-state index in [1.54, 1.807) is 24.9 Å². The predicted molar refractivity (Wildman–Crippen MR) is 87.2 cm³/mol. The molecule has 1 N–H and O–H groups in total. The molecule has 0 aliphatic rings. The van der Waals surface area contributed by atoms with Gasteiger partial charge >= 0.3 is 0 Å². The Morgan fingerprint density at radius 3 is 2.60 bits per heavy atom. The lowest BCUT2D eigenvalue weighted by atomic mass is 10.1. The lowest BCUT2D eigenvalue weighted by molar-refractivity contribution is 0.488. The fourth-order valence-electron chi connectivity index (χ4n) is 1.86. The van der Waals surface area contributed by atoms with Crippen molar-refractivity contribution in [1.29, 1.82) is 0 Å². The lowest BCUT2D eigenvalue weighted by Crippen LogP contribution is -2.30. The molecule has 0 aliphatic heterocycles. The molecule has 0 atom stereocenters. The summed E-state index contributed by atoms with van der Waals surface area (Å²) in [5, 5.41) is 3.47. The number of rotatable bonds is 7. The van der Waals surface area contributed by atoms with Crippen molar-refractivity contribution >= 4 is 33.4 Å². The molecule has 0 amide bonds. The maximum atomic E-state index is 12.6. The molecule has 0 fully saturated rings. The van der Waals surface area contributed by atoms with Crippen LogP contribution in [0.1, 0.15) is 11.1 Å². The third-order valence-corrected chi connectivity index (χ3v) is 5.89. The van der Waals surface area contributed by atoms with E-state index in [-0.39, 0.29) is 0 Å². The summed E-state index contributed by atoms with van der Waals surface area (Å²) in [4.78, 5) is 0.291. The average molecular weight is 337 g/mol. The van der Waals surface area contributed by atoms with Crippen molar-refractivity contribution in [2.24, 2.45) is 0 Å². The van der Waals surface area contributed by atoms with Crippen LogP contribution >= 0.6 is 23.4 Å². The number of nitrogens with zero attached hydrogens (tertiary/aromatic N) is 1. The van der Waals surface area contributed by atoms with Gasteiger partial charge in [0.05, 0.1) is 4.90 Å². The summed E-state index contributed by atoms with van der Waals surface area (Å²) in [6.45, 7) is 2.89. The minimum Gasteiger partial charge on any atom is -0.316 e. The van der Waals surface area contributed by atoms with Crippen LogP contribution in [-0.4, -0.2) is 45.4 Å². The van der Waals surface area contributed by atoms with E-state index < -0.39 is 10.0 Å². The van der Waals surface area contributed by atoms with Crippen molar-refractivity contribution in [3.05, 3.63) is 28.3 Å². The van der Waals surface area contributed by atoms with Gasteiger partial charge in [-0.1, -0.05) is 11.6 Å². The Kier molecular flexibility index (Phi) is 6.81. The Morgan fingerprint density at radius 1 is 1.40 bits per heavy atom. The minimum atomic E-state index is -3.50. The van der Waals surface area contributed by atoms with Crippen LogP contribution in [0.3, 0.4) is 0 Å². The first-order chi connectivity index (χ1) is 9.34. The standard InChI is InChI=1S/C13H21ClN2O2S2/c1-10-11(9-15-2)7-12(14)8-13(10)20(17,18)16(3)5-6-19-4/h7-8,15H,5-6,9H2,1-4H3. The zero-order valence-corrected chi connectivity index (χ0v) is 14.6. The van der Waals surface area contributed by atoms with Crippen LogP contribution in [0.4, 0.5) is 0 Å². The highest BCUT2D eigenvalue weighted by Crippen LogP contribution is 2.26. The van der Waals surface area contributed by atoms with Crippen LogP contribution in [0.25, 0.3) is 0 Å². The molecule has 0 aromatic heterocycles. The van der Waals surface area contributed by atoms with Gasteiger partial charge in [0.15, 0.2) is 0 Å². The molecule has 20 heavy (non-hydrogen) atoms. The first-order valence-electron chi connectivity index (χ1n) is 6.23. The molecule has 114 valence electrons. The number of nitrogens with one attached hydrogen (secondary N) is 1. The lowest BCUT2D eigenvalue weighted by Gasteiger charge is -2.20. The van der Waals surface area contributed by atoms with E-state index in [1.807, 2.05) is 20.2 Å². The summed E-state index contributed by atoms with van der Waals surface area (Å²) in [5.41, 5.74) is 1.65. The van der Waals surface area contributed by atoms with Crippen molar-refractivity contribution in [1.82, 2.24) is 9.62 Å². The zero-order chi connectivity index (χ0) is 15.3. The zero-order valence-electron chi connectivity index (χ0n) is 12.2. The summed E-state index contributed by atoms with van der Waals surface area (Å²) in [6, 6.07) is 3.33. The first kappa shape index (κ1) is 17.8. The molecule has 0 radical (unpaired) electrons. The molecule has 1 rings (SSSR count). The molecule has 0 spiro atoms. The summed E-state index contributed by atoms with van der Waals surface area (Å²) >= 11 is 7.68. The van der Waals surface area contributed by atoms with E-state index in [0.717, 1.165) is 16.9 Å². The molecule has 0 heterocycles. The number of hydrogen-bond donors (Lipinski definition) is 1. The van der Waals surface area contributed by atoms with Crippen LogP contribution < -0.4 is 5.32 Å². The molecular formula is C13H21ClN2O2S2. The normalized spacial score (nSPS) is 12.1. The van der Waals surface area contributed by atoms with E-state index in [0.29, 0.717) is 23.0 Å². The predicted octanol–water partition coefficient (Wildman–Crippen LogP) is 2.35. The number of hydrogen-bond acceptors (Lipinski definition) is 4. The van der Waals surface area contributed by atoms with E-state index in [1.165, 1.54) is 10.4 Å². The Morgan fingerprint density at radius 2 is 2.05 bits per heavy atom. The Hall–Kier alpha value is -0.270. The fraction of sp³-hybridized carbons (Fsp3) is 0.538. The van der Waals surface area contributed by atoms with Crippen molar-refractivity contribution < 1.29 is 8.42 Å². The molecule has 1 aromatic rings. The minimum absolute atomic E-state index is 0.291. The molecule has 7 heteroatoms. The summed E-state index contributed by atoms with van der Waals surface area (Å²) in [5.74, 6) is 0.763. The smallest absolute Gasteiger partial charge is 0.243 e. The van der Waals surface area contributed by atoms with Crippen molar-refractivity contribution in [2.75, 3.05) is 32.6 Å². The van der Waals surface area contributed by atoms with Crippen molar-refractivity contribution in [3.63, 3.8) is 0 Å². The summed E-state index contributed by atoms with van der Waals surface area (Å²) in [7, 11) is -0.0780. The Bertz CT molecular complexity index is 562. The number of benzene rings is 1. The second kappa shape index (κ2) is 7.66. The van der Waals surface area contributed by atoms with Crippen LogP contribution in [0.2, 0.25) is 5.02 Å². The van der Waals surface area contributed by atoms with E-state index >= 15 is 0 Å². The average Bonchev–Trinajstić information content (AvgIpc) is 2.39. The van der Waals surface area contributed by atoms with Crippen LogP contribution in [0, 0.1) is 6.92 Å². The molecular weight excluding hydrogens is 316 g/mol. The summed E-state index contributed by atoms with van der Waals surface area (Å²) in [6.07, 6.45) is 1.95. The Labute approximate surface area is 130 Å². The molecule has 4 nitrogen and oxygen atoms in total. The van der Waals surface area contributed by atoms with Crippen molar-refractivity contribution in [2.45, 2.75) is 18.4 Å². The largest absolute Gasteiger partial charge is 0.316 e.